The van der Waals surface area contributed by atoms with Gasteiger partial charge in [0.05, 0.1) is 0 Å². The standard InChI is InChI=1S/C13H13NO3/c1-2-11(15)12-8-13(14-17-12)16-9-10-6-4-3-5-7-10/h2-8,11,15H,1,9H2. The van der Waals surface area contributed by atoms with Gasteiger partial charge < -0.3 is 14.4 Å². The van der Waals surface area contributed by atoms with Crippen molar-refractivity contribution in [2.75, 3.05) is 0 Å². The third-order valence-corrected chi connectivity index (χ3v) is 2.25. The summed E-state index contributed by atoms with van der Waals surface area (Å²) in [7, 11) is 0. The largest absolute Gasteiger partial charge is 0.471 e. The highest BCUT2D eigenvalue weighted by atomic mass is 16.5. The van der Waals surface area contributed by atoms with Gasteiger partial charge in [0.1, 0.15) is 12.7 Å². The predicted octanol–water partition coefficient (Wildman–Crippen LogP) is 2.47. The Morgan fingerprint density at radius 2 is 2.18 bits per heavy atom. The molecule has 0 fully saturated rings. The Balaban J connectivity index is 1.96. The van der Waals surface area contributed by atoms with Crippen LogP contribution >= 0.6 is 0 Å². The molecule has 2 aromatic rings. The number of benzene rings is 1. The Hall–Kier alpha value is -2.07. The molecule has 4 nitrogen and oxygen atoms in total. The molecule has 4 heteroatoms. The monoisotopic (exact) mass is 231 g/mol. The van der Waals surface area contributed by atoms with Gasteiger partial charge in [-0.2, -0.15) is 0 Å². The minimum Gasteiger partial charge on any atom is -0.471 e. The van der Waals surface area contributed by atoms with Gasteiger partial charge in [-0.15, -0.1) is 6.58 Å². The summed E-state index contributed by atoms with van der Waals surface area (Å²) in [5.41, 5.74) is 1.04. The number of aliphatic hydroxyl groups is 1. The zero-order valence-corrected chi connectivity index (χ0v) is 9.24. The van der Waals surface area contributed by atoms with Crippen LogP contribution in [0.15, 0.2) is 53.6 Å². The molecule has 1 N–H and O–H groups in total. The first-order chi connectivity index (χ1) is 8.29. The van der Waals surface area contributed by atoms with E-state index in [1.54, 1.807) is 6.07 Å². The Morgan fingerprint density at radius 1 is 1.41 bits per heavy atom. The van der Waals surface area contributed by atoms with Gasteiger partial charge in [0.2, 0.25) is 0 Å². The van der Waals surface area contributed by atoms with E-state index in [0.29, 0.717) is 18.2 Å². The number of nitrogens with zero attached hydrogens (tertiary/aromatic N) is 1. The van der Waals surface area contributed by atoms with E-state index in [2.05, 4.69) is 11.7 Å². The van der Waals surface area contributed by atoms with Crippen LogP contribution in [0.1, 0.15) is 17.4 Å². The minimum atomic E-state index is -0.850. The Labute approximate surface area is 99.1 Å². The maximum Gasteiger partial charge on any atom is 0.254 e. The number of hydrogen-bond donors (Lipinski definition) is 1. The lowest BCUT2D eigenvalue weighted by Crippen LogP contribution is -1.94. The van der Waals surface area contributed by atoms with Gasteiger partial charge in [-0.1, -0.05) is 36.4 Å². The number of aromatic nitrogens is 1. The van der Waals surface area contributed by atoms with Crippen molar-refractivity contribution in [1.82, 2.24) is 5.16 Å². The molecule has 0 aliphatic heterocycles. The van der Waals surface area contributed by atoms with Crippen LogP contribution in [0.25, 0.3) is 0 Å². The fourth-order valence-corrected chi connectivity index (χ4v) is 1.33. The maximum absolute atomic E-state index is 9.42. The number of aliphatic hydroxyl groups excluding tert-OH is 1. The van der Waals surface area contributed by atoms with Crippen molar-refractivity contribution in [2.24, 2.45) is 0 Å². The summed E-state index contributed by atoms with van der Waals surface area (Å²) in [6, 6.07) is 11.3. The molecular formula is C13H13NO3. The average Bonchev–Trinajstić information content (AvgIpc) is 2.85. The summed E-state index contributed by atoms with van der Waals surface area (Å²) in [6.07, 6.45) is 0.512. The third kappa shape index (κ3) is 2.95. The molecule has 0 saturated heterocycles. The van der Waals surface area contributed by atoms with Gasteiger partial charge in [-0.3, -0.25) is 0 Å². The highest BCUT2D eigenvalue weighted by molar-refractivity contribution is 5.18. The Morgan fingerprint density at radius 3 is 2.88 bits per heavy atom. The SMILES string of the molecule is C=CC(O)c1cc(OCc2ccccc2)no1. The maximum atomic E-state index is 9.42. The average molecular weight is 231 g/mol. The number of ether oxygens (including phenoxy) is 1. The van der Waals surface area contributed by atoms with Crippen molar-refractivity contribution in [3.8, 4) is 5.88 Å². The quantitative estimate of drug-likeness (QED) is 0.803. The van der Waals surface area contributed by atoms with Gasteiger partial charge >= 0.3 is 0 Å². The topological polar surface area (TPSA) is 55.5 Å². The molecule has 88 valence electrons. The molecule has 0 aliphatic rings. The third-order valence-electron chi connectivity index (χ3n) is 2.25. The highest BCUT2D eigenvalue weighted by Crippen LogP contribution is 2.19. The first kappa shape index (κ1) is 11.4. The Kier molecular flexibility index (Phi) is 3.57. The van der Waals surface area contributed by atoms with E-state index in [-0.39, 0.29) is 0 Å². The van der Waals surface area contributed by atoms with Crippen LogP contribution in [0.2, 0.25) is 0 Å². The lowest BCUT2D eigenvalue weighted by molar-refractivity contribution is 0.181. The minimum absolute atomic E-state index is 0.322. The summed E-state index contributed by atoms with van der Waals surface area (Å²) >= 11 is 0. The summed E-state index contributed by atoms with van der Waals surface area (Å²) < 4.78 is 10.3. The van der Waals surface area contributed by atoms with Crippen LogP contribution < -0.4 is 4.74 Å². The molecule has 1 atom stereocenters. The van der Waals surface area contributed by atoms with Crippen LogP contribution in [0.3, 0.4) is 0 Å². The lowest BCUT2D eigenvalue weighted by Gasteiger charge is -2.00. The molecule has 17 heavy (non-hydrogen) atoms. The molecule has 0 amide bonds. The van der Waals surface area contributed by atoms with Gasteiger partial charge in [0, 0.05) is 6.07 Å². The van der Waals surface area contributed by atoms with E-state index >= 15 is 0 Å². The molecular weight excluding hydrogens is 218 g/mol. The van der Waals surface area contributed by atoms with Gasteiger partial charge in [0.25, 0.3) is 5.88 Å². The summed E-state index contributed by atoms with van der Waals surface area (Å²) in [4.78, 5) is 0. The van der Waals surface area contributed by atoms with Crippen molar-refractivity contribution < 1.29 is 14.4 Å². The van der Waals surface area contributed by atoms with Crippen molar-refractivity contribution in [3.05, 3.63) is 60.4 Å². The molecule has 2 rings (SSSR count). The normalized spacial score (nSPS) is 12.1. The van der Waals surface area contributed by atoms with E-state index in [1.165, 1.54) is 6.08 Å². The predicted molar refractivity (Wildman–Crippen MR) is 62.4 cm³/mol. The van der Waals surface area contributed by atoms with Crippen molar-refractivity contribution in [3.63, 3.8) is 0 Å². The Bertz CT molecular complexity index is 478. The van der Waals surface area contributed by atoms with Crippen LogP contribution in [0.4, 0.5) is 0 Å². The first-order valence-corrected chi connectivity index (χ1v) is 5.23. The molecule has 1 aromatic carbocycles. The number of rotatable bonds is 5. The molecule has 0 radical (unpaired) electrons. The van der Waals surface area contributed by atoms with Crippen molar-refractivity contribution in [1.29, 1.82) is 0 Å². The lowest BCUT2D eigenvalue weighted by atomic mass is 10.2. The van der Waals surface area contributed by atoms with Gasteiger partial charge in [0.15, 0.2) is 5.76 Å². The molecule has 1 aromatic heterocycles. The zero-order valence-electron chi connectivity index (χ0n) is 9.24. The van der Waals surface area contributed by atoms with E-state index in [4.69, 9.17) is 9.26 Å². The molecule has 0 spiro atoms. The highest BCUT2D eigenvalue weighted by Gasteiger charge is 2.11. The second-order valence-corrected chi connectivity index (χ2v) is 3.52. The zero-order chi connectivity index (χ0) is 12.1. The van der Waals surface area contributed by atoms with E-state index < -0.39 is 6.10 Å². The summed E-state index contributed by atoms with van der Waals surface area (Å²) in [6.45, 7) is 3.87. The second kappa shape index (κ2) is 5.32. The van der Waals surface area contributed by atoms with Gasteiger partial charge in [-0.05, 0) is 10.7 Å². The molecule has 0 saturated carbocycles. The molecule has 0 aliphatic carbocycles. The molecule has 0 bridgehead atoms. The van der Waals surface area contributed by atoms with Crippen LogP contribution in [-0.4, -0.2) is 10.3 Å². The molecule has 1 unspecified atom stereocenters. The second-order valence-electron chi connectivity index (χ2n) is 3.52. The summed E-state index contributed by atoms with van der Waals surface area (Å²) in [5, 5.41) is 13.1. The smallest absolute Gasteiger partial charge is 0.254 e. The van der Waals surface area contributed by atoms with Crippen LogP contribution in [-0.2, 0) is 6.61 Å². The first-order valence-electron chi connectivity index (χ1n) is 5.23. The van der Waals surface area contributed by atoms with Gasteiger partial charge in [-0.25, -0.2) is 0 Å². The molecule has 1 heterocycles. The fourth-order valence-electron chi connectivity index (χ4n) is 1.33. The summed E-state index contributed by atoms with van der Waals surface area (Å²) in [5.74, 6) is 0.674. The van der Waals surface area contributed by atoms with E-state index in [0.717, 1.165) is 5.56 Å². The van der Waals surface area contributed by atoms with Crippen molar-refractivity contribution >= 4 is 0 Å². The van der Waals surface area contributed by atoms with Crippen molar-refractivity contribution in [2.45, 2.75) is 12.7 Å². The van der Waals surface area contributed by atoms with E-state index in [1.807, 2.05) is 30.3 Å². The van der Waals surface area contributed by atoms with Crippen LogP contribution in [0, 0.1) is 0 Å². The van der Waals surface area contributed by atoms with E-state index in [9.17, 15) is 5.11 Å². The van der Waals surface area contributed by atoms with Crippen LogP contribution in [0.5, 0.6) is 5.88 Å². The number of hydrogen-bond acceptors (Lipinski definition) is 4. The fraction of sp³-hybridized carbons (Fsp3) is 0.154.